The highest BCUT2D eigenvalue weighted by Gasteiger charge is 2.20. The van der Waals surface area contributed by atoms with Crippen LogP contribution in [0.15, 0.2) is 83.9 Å². The van der Waals surface area contributed by atoms with E-state index in [1.54, 1.807) is 7.11 Å². The molecule has 3 nitrogen and oxygen atoms in total. The van der Waals surface area contributed by atoms with Crippen LogP contribution in [-0.4, -0.2) is 17.7 Å². The van der Waals surface area contributed by atoms with Crippen LogP contribution in [0, 0.1) is 0 Å². The topological polar surface area (TPSA) is 26.5 Å². The maximum absolute atomic E-state index is 5.62. The summed E-state index contributed by atoms with van der Waals surface area (Å²) in [5.41, 5.74) is 6.88. The SMILES string of the molecule is COc1ccc2c(c1)c(-c1ccccc1)c(-c1ccccc1)c(=NC(C)C)n2C(C)C. The summed E-state index contributed by atoms with van der Waals surface area (Å²) in [5, 5.41) is 1.17. The Morgan fingerprint density at radius 3 is 1.84 bits per heavy atom. The van der Waals surface area contributed by atoms with E-state index < -0.39 is 0 Å². The number of nitrogens with zero attached hydrogens (tertiary/aromatic N) is 2. The van der Waals surface area contributed by atoms with Crippen LogP contribution in [-0.2, 0) is 0 Å². The van der Waals surface area contributed by atoms with Crippen LogP contribution in [0.2, 0.25) is 0 Å². The van der Waals surface area contributed by atoms with E-state index in [-0.39, 0.29) is 12.1 Å². The minimum atomic E-state index is 0.173. The van der Waals surface area contributed by atoms with Crippen molar-refractivity contribution in [1.29, 1.82) is 0 Å². The van der Waals surface area contributed by atoms with Gasteiger partial charge in [0.05, 0.1) is 12.6 Å². The highest BCUT2D eigenvalue weighted by Crippen LogP contribution is 2.38. The molecule has 3 heteroatoms. The highest BCUT2D eigenvalue weighted by atomic mass is 16.5. The number of ether oxygens (including phenoxy) is 1. The van der Waals surface area contributed by atoms with E-state index in [4.69, 9.17) is 9.73 Å². The lowest BCUT2D eigenvalue weighted by Gasteiger charge is -2.24. The van der Waals surface area contributed by atoms with E-state index in [2.05, 4.69) is 105 Å². The van der Waals surface area contributed by atoms with Gasteiger partial charge < -0.3 is 9.30 Å². The average molecular weight is 411 g/mol. The maximum Gasteiger partial charge on any atom is 0.137 e. The van der Waals surface area contributed by atoms with E-state index >= 15 is 0 Å². The van der Waals surface area contributed by atoms with E-state index in [1.165, 1.54) is 22.1 Å². The highest BCUT2D eigenvalue weighted by molar-refractivity contribution is 6.03. The molecule has 0 fully saturated rings. The molecular weight excluding hydrogens is 380 g/mol. The van der Waals surface area contributed by atoms with Gasteiger partial charge in [-0.05, 0) is 57.0 Å². The second-order valence-electron chi connectivity index (χ2n) is 8.38. The fraction of sp³-hybridized carbons (Fsp3) is 0.250. The molecule has 0 N–H and O–H groups in total. The van der Waals surface area contributed by atoms with Crippen LogP contribution in [0.4, 0.5) is 0 Å². The lowest BCUT2D eigenvalue weighted by Crippen LogP contribution is -2.28. The van der Waals surface area contributed by atoms with Crippen LogP contribution in [0.25, 0.3) is 33.2 Å². The molecule has 0 aliphatic carbocycles. The molecule has 1 aromatic heterocycles. The van der Waals surface area contributed by atoms with Crippen LogP contribution >= 0.6 is 0 Å². The van der Waals surface area contributed by atoms with Gasteiger partial charge in [-0.25, -0.2) is 0 Å². The standard InChI is InChI=1S/C28H30N2O/c1-19(2)29-28-27(22-14-10-7-11-15-22)26(21-12-8-6-9-13-21)24-18-23(31-5)16-17-25(24)30(28)20(3)4/h6-20H,1-5H3. The third-order valence-corrected chi connectivity index (χ3v) is 5.46. The van der Waals surface area contributed by atoms with Crippen molar-refractivity contribution in [2.45, 2.75) is 39.8 Å². The van der Waals surface area contributed by atoms with Gasteiger partial charge in [0.25, 0.3) is 0 Å². The Morgan fingerprint density at radius 2 is 1.32 bits per heavy atom. The first-order chi connectivity index (χ1) is 15.0. The molecule has 0 aliphatic rings. The molecule has 0 aliphatic heterocycles. The number of methoxy groups -OCH3 is 1. The van der Waals surface area contributed by atoms with Crippen LogP contribution in [0.5, 0.6) is 5.75 Å². The Kier molecular flexibility index (Phi) is 5.94. The molecule has 0 atom stereocenters. The molecule has 0 bridgehead atoms. The van der Waals surface area contributed by atoms with Crippen LogP contribution < -0.4 is 10.2 Å². The molecule has 0 saturated heterocycles. The van der Waals surface area contributed by atoms with Crippen molar-refractivity contribution in [3.63, 3.8) is 0 Å². The Balaban J connectivity index is 2.32. The first-order valence-corrected chi connectivity index (χ1v) is 10.9. The maximum atomic E-state index is 5.62. The molecule has 1 heterocycles. The van der Waals surface area contributed by atoms with Crippen molar-refractivity contribution in [3.05, 3.63) is 84.4 Å². The second kappa shape index (κ2) is 8.81. The predicted octanol–water partition coefficient (Wildman–Crippen LogP) is 6.87. The Morgan fingerprint density at radius 1 is 0.742 bits per heavy atom. The number of benzene rings is 3. The van der Waals surface area contributed by atoms with Gasteiger partial charge in [-0.2, -0.15) is 0 Å². The Hall–Kier alpha value is -3.33. The van der Waals surface area contributed by atoms with Gasteiger partial charge in [0.1, 0.15) is 11.2 Å². The number of aromatic nitrogens is 1. The van der Waals surface area contributed by atoms with Crippen molar-refractivity contribution in [3.8, 4) is 28.0 Å². The second-order valence-corrected chi connectivity index (χ2v) is 8.38. The van der Waals surface area contributed by atoms with Gasteiger partial charge in [-0.1, -0.05) is 60.7 Å². The summed E-state index contributed by atoms with van der Waals surface area (Å²) in [6, 6.07) is 28.0. The first-order valence-electron chi connectivity index (χ1n) is 10.9. The van der Waals surface area contributed by atoms with Gasteiger partial charge in [-0.3, -0.25) is 4.99 Å². The summed E-state index contributed by atoms with van der Waals surface area (Å²) in [4.78, 5) is 5.17. The third-order valence-electron chi connectivity index (χ3n) is 5.46. The van der Waals surface area contributed by atoms with Gasteiger partial charge in [0.2, 0.25) is 0 Å². The van der Waals surface area contributed by atoms with Crippen molar-refractivity contribution < 1.29 is 4.74 Å². The number of rotatable bonds is 5. The Labute approximate surface area is 184 Å². The quantitative estimate of drug-likeness (QED) is 0.352. The molecule has 0 spiro atoms. The molecule has 31 heavy (non-hydrogen) atoms. The average Bonchev–Trinajstić information content (AvgIpc) is 2.78. The minimum Gasteiger partial charge on any atom is -0.497 e. The Bertz CT molecular complexity index is 1250. The fourth-order valence-electron chi connectivity index (χ4n) is 4.21. The van der Waals surface area contributed by atoms with Gasteiger partial charge >= 0.3 is 0 Å². The summed E-state index contributed by atoms with van der Waals surface area (Å²) < 4.78 is 7.99. The zero-order valence-corrected chi connectivity index (χ0v) is 19.0. The van der Waals surface area contributed by atoms with Crippen molar-refractivity contribution in [2.75, 3.05) is 7.11 Å². The van der Waals surface area contributed by atoms with Crippen molar-refractivity contribution in [1.82, 2.24) is 4.57 Å². The molecule has 0 saturated carbocycles. The summed E-state index contributed by atoms with van der Waals surface area (Å²) in [6.45, 7) is 8.72. The van der Waals surface area contributed by atoms with Gasteiger partial charge in [0.15, 0.2) is 0 Å². The summed E-state index contributed by atoms with van der Waals surface area (Å²) in [7, 11) is 1.72. The molecule has 0 unspecified atom stereocenters. The normalized spacial score (nSPS) is 12.2. The molecular formula is C28H30N2O. The molecule has 3 aromatic carbocycles. The van der Waals surface area contributed by atoms with E-state index in [1.807, 2.05) is 6.07 Å². The van der Waals surface area contributed by atoms with E-state index in [9.17, 15) is 0 Å². The smallest absolute Gasteiger partial charge is 0.137 e. The van der Waals surface area contributed by atoms with E-state index in [0.717, 1.165) is 22.3 Å². The molecule has 0 radical (unpaired) electrons. The first kappa shape index (κ1) is 20.9. The van der Waals surface area contributed by atoms with Crippen molar-refractivity contribution in [2.24, 2.45) is 4.99 Å². The van der Waals surface area contributed by atoms with Crippen LogP contribution in [0.1, 0.15) is 33.7 Å². The summed E-state index contributed by atoms with van der Waals surface area (Å²) in [6.07, 6.45) is 0. The van der Waals surface area contributed by atoms with E-state index in [0.29, 0.717) is 0 Å². The summed E-state index contributed by atoms with van der Waals surface area (Å²) in [5.74, 6) is 0.854. The summed E-state index contributed by atoms with van der Waals surface area (Å²) >= 11 is 0. The lowest BCUT2D eigenvalue weighted by atomic mass is 9.91. The molecule has 4 rings (SSSR count). The number of fused-ring (bicyclic) bond motifs is 1. The fourth-order valence-corrected chi connectivity index (χ4v) is 4.21. The predicted molar refractivity (Wildman–Crippen MR) is 130 cm³/mol. The largest absolute Gasteiger partial charge is 0.497 e. The zero-order valence-electron chi connectivity index (χ0n) is 19.0. The number of pyridine rings is 1. The van der Waals surface area contributed by atoms with Gasteiger partial charge in [-0.15, -0.1) is 0 Å². The monoisotopic (exact) mass is 410 g/mol. The lowest BCUT2D eigenvalue weighted by molar-refractivity contribution is 0.415. The third kappa shape index (κ3) is 4.00. The zero-order chi connectivity index (χ0) is 22.0. The minimum absolute atomic E-state index is 0.173. The van der Waals surface area contributed by atoms with Gasteiger partial charge in [0, 0.05) is 28.6 Å². The van der Waals surface area contributed by atoms with Crippen LogP contribution in [0.3, 0.4) is 0 Å². The molecule has 4 aromatic rings. The number of hydrogen-bond donors (Lipinski definition) is 0. The number of hydrogen-bond acceptors (Lipinski definition) is 2. The van der Waals surface area contributed by atoms with Crippen molar-refractivity contribution >= 4 is 10.9 Å². The molecule has 158 valence electrons. The molecule has 0 amide bonds.